The maximum atomic E-state index is 12.7. The van der Waals surface area contributed by atoms with Crippen LogP contribution < -0.4 is 9.47 Å². The molecule has 0 saturated carbocycles. The van der Waals surface area contributed by atoms with Crippen LogP contribution in [0, 0.1) is 0 Å². The van der Waals surface area contributed by atoms with Crippen molar-refractivity contribution in [1.29, 1.82) is 0 Å². The van der Waals surface area contributed by atoms with Gasteiger partial charge in [-0.25, -0.2) is 16.8 Å². The van der Waals surface area contributed by atoms with Crippen molar-refractivity contribution in [1.82, 2.24) is 0 Å². The van der Waals surface area contributed by atoms with E-state index in [1.54, 1.807) is 36.4 Å². The normalized spacial score (nSPS) is 11.8. The molecule has 0 spiro atoms. The predicted octanol–water partition coefficient (Wildman–Crippen LogP) is 3.72. The van der Waals surface area contributed by atoms with Crippen molar-refractivity contribution in [2.75, 3.05) is 13.4 Å². The molecule has 0 N–H and O–H groups in total. The molecule has 0 aromatic heterocycles. The lowest BCUT2D eigenvalue weighted by Gasteiger charge is -2.09. The minimum absolute atomic E-state index is 0.137. The molecule has 0 aliphatic rings. The Bertz CT molecular complexity index is 1160. The van der Waals surface area contributed by atoms with E-state index in [1.807, 2.05) is 0 Å². The van der Waals surface area contributed by atoms with E-state index in [4.69, 9.17) is 9.47 Å². The van der Waals surface area contributed by atoms with E-state index >= 15 is 0 Å². The van der Waals surface area contributed by atoms with E-state index in [0.717, 1.165) is 6.26 Å². The second-order valence-corrected chi connectivity index (χ2v) is 9.96. The van der Waals surface area contributed by atoms with Crippen molar-refractivity contribution in [3.63, 3.8) is 0 Å². The van der Waals surface area contributed by atoms with Crippen LogP contribution in [-0.2, 0) is 19.7 Å². The number of benzene rings is 3. The monoisotopic (exact) mass is 418 g/mol. The third-order valence-electron chi connectivity index (χ3n) is 3.99. The first kappa shape index (κ1) is 19.9. The molecule has 3 aromatic carbocycles. The minimum atomic E-state index is -3.65. The van der Waals surface area contributed by atoms with Gasteiger partial charge >= 0.3 is 0 Å². The van der Waals surface area contributed by atoms with Gasteiger partial charge in [-0.1, -0.05) is 0 Å². The van der Waals surface area contributed by atoms with Gasteiger partial charge in [0.1, 0.15) is 17.2 Å². The minimum Gasteiger partial charge on any atom is -0.497 e. The highest BCUT2D eigenvalue weighted by Crippen LogP contribution is 2.27. The maximum absolute atomic E-state index is 12.7. The molecule has 0 aliphatic heterocycles. The molecular formula is C20H18O6S2. The molecule has 0 atom stereocenters. The molecule has 0 fully saturated rings. The summed E-state index contributed by atoms with van der Waals surface area (Å²) in [7, 11) is -5.42. The summed E-state index contributed by atoms with van der Waals surface area (Å²) < 4.78 is 59.0. The van der Waals surface area contributed by atoms with E-state index in [9.17, 15) is 16.8 Å². The number of rotatable bonds is 6. The summed E-state index contributed by atoms with van der Waals surface area (Å²) in [6, 6.07) is 18.1. The lowest BCUT2D eigenvalue weighted by molar-refractivity contribution is 0.414. The Hall–Kier alpha value is -2.84. The van der Waals surface area contributed by atoms with Crippen molar-refractivity contribution in [3.05, 3.63) is 72.8 Å². The average Bonchev–Trinajstić information content (AvgIpc) is 2.68. The van der Waals surface area contributed by atoms with Crippen LogP contribution >= 0.6 is 0 Å². The molecule has 0 saturated heterocycles. The lowest BCUT2D eigenvalue weighted by atomic mass is 10.3. The number of ether oxygens (including phenoxy) is 2. The van der Waals surface area contributed by atoms with Gasteiger partial charge in [0.25, 0.3) is 0 Å². The number of methoxy groups -OCH3 is 1. The van der Waals surface area contributed by atoms with Crippen LogP contribution in [0.3, 0.4) is 0 Å². The average molecular weight is 418 g/mol. The number of hydrogen-bond acceptors (Lipinski definition) is 6. The summed E-state index contributed by atoms with van der Waals surface area (Å²) in [6.07, 6.45) is 1.13. The zero-order chi connectivity index (χ0) is 20.4. The summed E-state index contributed by atoms with van der Waals surface area (Å²) in [6.45, 7) is 0. The largest absolute Gasteiger partial charge is 0.497 e. The molecule has 0 radical (unpaired) electrons. The van der Waals surface area contributed by atoms with Gasteiger partial charge in [-0.15, -0.1) is 0 Å². The molecule has 0 unspecified atom stereocenters. The highest BCUT2D eigenvalue weighted by atomic mass is 32.2. The quantitative estimate of drug-likeness (QED) is 0.606. The first-order chi connectivity index (χ1) is 13.2. The van der Waals surface area contributed by atoms with Gasteiger partial charge in [0.2, 0.25) is 9.84 Å². The first-order valence-electron chi connectivity index (χ1n) is 8.17. The number of hydrogen-bond donors (Lipinski definition) is 0. The highest BCUT2D eigenvalue weighted by Gasteiger charge is 2.17. The topological polar surface area (TPSA) is 86.7 Å². The smallest absolute Gasteiger partial charge is 0.206 e. The Labute approximate surface area is 164 Å². The third-order valence-corrected chi connectivity index (χ3v) is 6.91. The fourth-order valence-corrected chi connectivity index (χ4v) is 4.36. The van der Waals surface area contributed by atoms with Crippen molar-refractivity contribution in [2.45, 2.75) is 14.7 Å². The van der Waals surface area contributed by atoms with Crippen LogP contribution in [0.1, 0.15) is 0 Å². The van der Waals surface area contributed by atoms with Crippen molar-refractivity contribution in [3.8, 4) is 17.2 Å². The van der Waals surface area contributed by atoms with Gasteiger partial charge in [-0.2, -0.15) is 0 Å². The predicted molar refractivity (Wildman–Crippen MR) is 105 cm³/mol. The van der Waals surface area contributed by atoms with E-state index in [1.165, 1.54) is 43.5 Å². The Balaban J connectivity index is 1.79. The van der Waals surface area contributed by atoms with Gasteiger partial charge in [0.05, 0.1) is 21.8 Å². The van der Waals surface area contributed by atoms with Crippen LogP contribution in [0.25, 0.3) is 0 Å². The third kappa shape index (κ3) is 4.35. The fourth-order valence-electron chi connectivity index (χ4n) is 2.47. The van der Waals surface area contributed by atoms with E-state index in [-0.39, 0.29) is 14.7 Å². The first-order valence-corrected chi connectivity index (χ1v) is 11.5. The van der Waals surface area contributed by atoms with Crippen molar-refractivity contribution in [2.24, 2.45) is 0 Å². The molecule has 0 amide bonds. The van der Waals surface area contributed by atoms with Crippen LogP contribution in [0.5, 0.6) is 17.2 Å². The van der Waals surface area contributed by atoms with E-state index < -0.39 is 19.7 Å². The Morgan fingerprint density at radius 2 is 0.929 bits per heavy atom. The number of sulfone groups is 2. The summed E-state index contributed by atoms with van der Waals surface area (Å²) in [5.41, 5.74) is 0. The Kier molecular flexibility index (Phi) is 5.44. The van der Waals surface area contributed by atoms with Crippen LogP contribution in [-0.4, -0.2) is 30.2 Å². The Morgan fingerprint density at radius 3 is 1.29 bits per heavy atom. The second-order valence-electron chi connectivity index (χ2n) is 6.00. The van der Waals surface area contributed by atoms with Crippen molar-refractivity contribution < 1.29 is 26.3 Å². The molecule has 6 nitrogen and oxygen atoms in total. The second kappa shape index (κ2) is 7.65. The molecule has 0 aliphatic carbocycles. The van der Waals surface area contributed by atoms with Crippen molar-refractivity contribution >= 4 is 19.7 Å². The zero-order valence-electron chi connectivity index (χ0n) is 15.2. The van der Waals surface area contributed by atoms with Gasteiger partial charge in [0.15, 0.2) is 9.84 Å². The van der Waals surface area contributed by atoms with Crippen LogP contribution in [0.2, 0.25) is 0 Å². The van der Waals surface area contributed by atoms with E-state index in [0.29, 0.717) is 17.2 Å². The molecule has 3 rings (SSSR count). The molecule has 0 bridgehead atoms. The molecular weight excluding hydrogens is 400 g/mol. The van der Waals surface area contributed by atoms with Gasteiger partial charge in [0, 0.05) is 6.26 Å². The summed E-state index contributed by atoms with van der Waals surface area (Å²) in [4.78, 5) is 0.497. The molecule has 0 heterocycles. The molecule has 8 heteroatoms. The molecule has 28 heavy (non-hydrogen) atoms. The standard InChI is InChI=1S/C20H18O6S2/c1-25-15-3-11-19(12-4-15)28(23,24)20-13-7-17(8-14-20)26-16-5-9-18(10-6-16)27(2,21)22/h3-14H,1-2H3. The Morgan fingerprint density at radius 1 is 0.571 bits per heavy atom. The zero-order valence-corrected chi connectivity index (χ0v) is 16.8. The SMILES string of the molecule is COc1ccc(S(=O)(=O)c2ccc(Oc3ccc(S(C)(=O)=O)cc3)cc2)cc1. The van der Waals surface area contributed by atoms with Crippen LogP contribution in [0.15, 0.2) is 87.5 Å². The summed E-state index contributed by atoms with van der Waals surface area (Å²) in [5.74, 6) is 1.45. The summed E-state index contributed by atoms with van der Waals surface area (Å²) >= 11 is 0. The fraction of sp³-hybridized carbons (Fsp3) is 0.100. The van der Waals surface area contributed by atoms with Crippen LogP contribution in [0.4, 0.5) is 0 Å². The molecule has 146 valence electrons. The highest BCUT2D eigenvalue weighted by molar-refractivity contribution is 7.91. The van der Waals surface area contributed by atoms with Gasteiger partial charge in [-0.3, -0.25) is 0 Å². The van der Waals surface area contributed by atoms with Gasteiger partial charge in [-0.05, 0) is 72.8 Å². The maximum Gasteiger partial charge on any atom is 0.206 e. The van der Waals surface area contributed by atoms with Gasteiger partial charge < -0.3 is 9.47 Å². The summed E-state index contributed by atoms with van der Waals surface area (Å²) in [5, 5.41) is 0. The van der Waals surface area contributed by atoms with E-state index in [2.05, 4.69) is 0 Å². The molecule has 3 aromatic rings. The lowest BCUT2D eigenvalue weighted by Crippen LogP contribution is -2.02.